The average Bonchev–Trinajstić information content (AvgIpc) is 2.55. The molecule has 1 atom stereocenters. The lowest BCUT2D eigenvalue weighted by atomic mass is 10.0. The first-order chi connectivity index (χ1) is 7.40. The van der Waals surface area contributed by atoms with E-state index >= 15 is 0 Å². The third-order valence-corrected chi connectivity index (χ3v) is 3.34. The summed E-state index contributed by atoms with van der Waals surface area (Å²) in [6.45, 7) is 2.08. The van der Waals surface area contributed by atoms with Gasteiger partial charge in [0.15, 0.2) is 0 Å². The highest BCUT2D eigenvalue weighted by atomic mass is 35.5. The molecular weight excluding hydrogens is 210 g/mol. The van der Waals surface area contributed by atoms with E-state index in [1.165, 1.54) is 12.8 Å². The Morgan fingerprint density at radius 1 is 1.27 bits per heavy atom. The SMILES string of the molecule is ClCC1CCCN(c2ncccn2)CC1. The third kappa shape index (κ3) is 2.81. The molecule has 15 heavy (non-hydrogen) atoms. The minimum atomic E-state index is 0.667. The second-order valence-electron chi connectivity index (χ2n) is 3.99. The molecular formula is C11H16ClN3. The Kier molecular flexibility index (Phi) is 3.78. The summed E-state index contributed by atoms with van der Waals surface area (Å²) in [6, 6.07) is 1.85. The lowest BCUT2D eigenvalue weighted by Crippen LogP contribution is -2.26. The summed E-state index contributed by atoms with van der Waals surface area (Å²) in [6.07, 6.45) is 7.17. The van der Waals surface area contributed by atoms with Crippen LogP contribution < -0.4 is 4.90 Å². The molecule has 0 amide bonds. The molecule has 1 aliphatic heterocycles. The fraction of sp³-hybridized carbons (Fsp3) is 0.636. The van der Waals surface area contributed by atoms with Gasteiger partial charge in [-0.2, -0.15) is 0 Å². The predicted molar refractivity (Wildman–Crippen MR) is 62.3 cm³/mol. The molecule has 1 aliphatic rings. The highest BCUT2D eigenvalue weighted by molar-refractivity contribution is 6.18. The quantitative estimate of drug-likeness (QED) is 0.724. The van der Waals surface area contributed by atoms with Gasteiger partial charge in [0.25, 0.3) is 0 Å². The first kappa shape index (κ1) is 10.7. The molecule has 0 radical (unpaired) electrons. The Hall–Kier alpha value is -0.830. The zero-order valence-electron chi connectivity index (χ0n) is 8.77. The molecule has 1 saturated heterocycles. The van der Waals surface area contributed by atoms with Crippen molar-refractivity contribution in [3.05, 3.63) is 18.5 Å². The summed E-state index contributed by atoms with van der Waals surface area (Å²) in [5, 5.41) is 0. The van der Waals surface area contributed by atoms with Gasteiger partial charge in [0.1, 0.15) is 0 Å². The zero-order chi connectivity index (χ0) is 10.5. The maximum atomic E-state index is 5.90. The van der Waals surface area contributed by atoms with Gasteiger partial charge in [0, 0.05) is 31.4 Å². The van der Waals surface area contributed by atoms with Crippen molar-refractivity contribution in [1.82, 2.24) is 9.97 Å². The minimum absolute atomic E-state index is 0.667. The Balaban J connectivity index is 2.00. The predicted octanol–water partition coefficient (Wildman–Crippen LogP) is 2.32. The number of anilines is 1. The number of alkyl halides is 1. The van der Waals surface area contributed by atoms with Gasteiger partial charge in [-0.05, 0) is 31.2 Å². The van der Waals surface area contributed by atoms with Crippen LogP contribution in [0.5, 0.6) is 0 Å². The van der Waals surface area contributed by atoms with E-state index in [0.29, 0.717) is 5.92 Å². The second kappa shape index (κ2) is 5.31. The van der Waals surface area contributed by atoms with Crippen molar-refractivity contribution in [2.75, 3.05) is 23.9 Å². The number of rotatable bonds is 2. The second-order valence-corrected chi connectivity index (χ2v) is 4.30. The van der Waals surface area contributed by atoms with Gasteiger partial charge < -0.3 is 4.90 Å². The van der Waals surface area contributed by atoms with Gasteiger partial charge in [-0.15, -0.1) is 11.6 Å². The van der Waals surface area contributed by atoms with Crippen LogP contribution in [0.3, 0.4) is 0 Å². The van der Waals surface area contributed by atoms with Crippen LogP contribution in [0.15, 0.2) is 18.5 Å². The van der Waals surface area contributed by atoms with Crippen molar-refractivity contribution in [3.8, 4) is 0 Å². The molecule has 4 heteroatoms. The number of hydrogen-bond acceptors (Lipinski definition) is 3. The molecule has 1 aromatic rings. The lowest BCUT2D eigenvalue weighted by Gasteiger charge is -2.19. The van der Waals surface area contributed by atoms with E-state index in [4.69, 9.17) is 11.6 Å². The molecule has 0 aromatic carbocycles. The van der Waals surface area contributed by atoms with E-state index in [-0.39, 0.29) is 0 Å². The van der Waals surface area contributed by atoms with E-state index in [1.54, 1.807) is 12.4 Å². The van der Waals surface area contributed by atoms with Gasteiger partial charge in [-0.1, -0.05) is 0 Å². The summed E-state index contributed by atoms with van der Waals surface area (Å²) in [5.41, 5.74) is 0. The van der Waals surface area contributed by atoms with E-state index in [1.807, 2.05) is 6.07 Å². The van der Waals surface area contributed by atoms with Crippen molar-refractivity contribution in [2.24, 2.45) is 5.92 Å². The Morgan fingerprint density at radius 3 is 2.80 bits per heavy atom. The summed E-state index contributed by atoms with van der Waals surface area (Å²) < 4.78 is 0. The molecule has 1 aromatic heterocycles. The lowest BCUT2D eigenvalue weighted by molar-refractivity contribution is 0.526. The molecule has 82 valence electrons. The van der Waals surface area contributed by atoms with Crippen molar-refractivity contribution >= 4 is 17.5 Å². The van der Waals surface area contributed by atoms with E-state index in [0.717, 1.165) is 31.3 Å². The molecule has 0 bridgehead atoms. The first-order valence-electron chi connectivity index (χ1n) is 5.48. The van der Waals surface area contributed by atoms with Crippen molar-refractivity contribution in [2.45, 2.75) is 19.3 Å². The summed E-state index contributed by atoms with van der Waals surface area (Å²) in [4.78, 5) is 10.8. The summed E-state index contributed by atoms with van der Waals surface area (Å²) in [5.74, 6) is 2.30. The average molecular weight is 226 g/mol. The Bertz CT molecular complexity index is 291. The molecule has 2 heterocycles. The molecule has 0 saturated carbocycles. The van der Waals surface area contributed by atoms with Gasteiger partial charge in [0.2, 0.25) is 5.95 Å². The maximum Gasteiger partial charge on any atom is 0.225 e. The molecule has 2 rings (SSSR count). The molecule has 1 unspecified atom stereocenters. The van der Waals surface area contributed by atoms with Crippen molar-refractivity contribution < 1.29 is 0 Å². The first-order valence-corrected chi connectivity index (χ1v) is 6.01. The van der Waals surface area contributed by atoms with E-state index < -0.39 is 0 Å². The normalized spacial score (nSPS) is 22.5. The smallest absolute Gasteiger partial charge is 0.225 e. The Morgan fingerprint density at radius 2 is 2.07 bits per heavy atom. The monoisotopic (exact) mass is 225 g/mol. The van der Waals surface area contributed by atoms with Gasteiger partial charge >= 0.3 is 0 Å². The van der Waals surface area contributed by atoms with Crippen LogP contribution in [0, 0.1) is 5.92 Å². The third-order valence-electron chi connectivity index (χ3n) is 2.90. The van der Waals surface area contributed by atoms with Crippen LogP contribution in [0.2, 0.25) is 0 Å². The van der Waals surface area contributed by atoms with Crippen molar-refractivity contribution in [1.29, 1.82) is 0 Å². The highest BCUT2D eigenvalue weighted by Gasteiger charge is 2.17. The van der Waals surface area contributed by atoms with Gasteiger partial charge in [-0.3, -0.25) is 0 Å². The van der Waals surface area contributed by atoms with Gasteiger partial charge in [-0.25, -0.2) is 9.97 Å². The van der Waals surface area contributed by atoms with Crippen LogP contribution in [0.4, 0.5) is 5.95 Å². The van der Waals surface area contributed by atoms with Gasteiger partial charge in [0.05, 0.1) is 0 Å². The van der Waals surface area contributed by atoms with Crippen LogP contribution in [0.1, 0.15) is 19.3 Å². The summed E-state index contributed by atoms with van der Waals surface area (Å²) in [7, 11) is 0. The van der Waals surface area contributed by atoms with Crippen molar-refractivity contribution in [3.63, 3.8) is 0 Å². The number of hydrogen-bond donors (Lipinski definition) is 0. The molecule has 0 aliphatic carbocycles. The Labute approximate surface area is 95.5 Å². The summed E-state index contributed by atoms with van der Waals surface area (Å²) >= 11 is 5.90. The fourth-order valence-corrected chi connectivity index (χ4v) is 2.28. The minimum Gasteiger partial charge on any atom is -0.341 e. The zero-order valence-corrected chi connectivity index (χ0v) is 9.53. The molecule has 3 nitrogen and oxygen atoms in total. The topological polar surface area (TPSA) is 29.0 Å². The largest absolute Gasteiger partial charge is 0.341 e. The van der Waals surface area contributed by atoms with E-state index in [2.05, 4.69) is 14.9 Å². The number of aromatic nitrogens is 2. The van der Waals surface area contributed by atoms with Crippen LogP contribution in [-0.4, -0.2) is 28.9 Å². The maximum absolute atomic E-state index is 5.90. The number of nitrogens with zero attached hydrogens (tertiary/aromatic N) is 3. The van der Waals surface area contributed by atoms with Crippen LogP contribution in [0.25, 0.3) is 0 Å². The standard InChI is InChI=1S/C11H16ClN3/c12-9-10-3-1-7-15(8-4-10)11-13-5-2-6-14-11/h2,5-6,10H,1,3-4,7-9H2. The van der Waals surface area contributed by atoms with Crippen LogP contribution in [-0.2, 0) is 0 Å². The molecule has 1 fully saturated rings. The molecule has 0 spiro atoms. The van der Waals surface area contributed by atoms with E-state index in [9.17, 15) is 0 Å². The highest BCUT2D eigenvalue weighted by Crippen LogP contribution is 2.20. The number of halogens is 1. The fourth-order valence-electron chi connectivity index (χ4n) is 1.97. The van der Waals surface area contributed by atoms with Crippen LogP contribution >= 0.6 is 11.6 Å². The molecule has 0 N–H and O–H groups in total.